The molecule has 0 unspecified atom stereocenters. The van der Waals surface area contributed by atoms with Crippen LogP contribution in [0.2, 0.25) is 5.02 Å². The standard InChI is InChI=1S/C25H22ClNO7S/c1-31-16-7-5-15(6-8-16)24-23(26)25(28)22-20(13-18(33-3)14-21(22)34-4)27(24)35(29,30)19-11-9-17(32-2)10-12-19/h5-14H,1-4H3. The van der Waals surface area contributed by atoms with Gasteiger partial charge in [0.25, 0.3) is 10.0 Å². The maximum absolute atomic E-state index is 14.1. The van der Waals surface area contributed by atoms with Crippen molar-refractivity contribution < 1.29 is 27.4 Å². The molecule has 0 fully saturated rings. The van der Waals surface area contributed by atoms with Crippen LogP contribution in [0, 0.1) is 0 Å². The summed E-state index contributed by atoms with van der Waals surface area (Å²) in [6.07, 6.45) is 0. The van der Waals surface area contributed by atoms with Crippen LogP contribution in [0.15, 0.2) is 70.4 Å². The number of aromatic nitrogens is 1. The number of nitrogens with zero attached hydrogens (tertiary/aromatic N) is 1. The number of halogens is 1. The van der Waals surface area contributed by atoms with Crippen LogP contribution in [0.3, 0.4) is 0 Å². The number of benzene rings is 3. The zero-order chi connectivity index (χ0) is 25.3. The molecule has 1 aromatic heterocycles. The Labute approximate surface area is 207 Å². The molecule has 0 aliphatic carbocycles. The molecule has 0 radical (unpaired) electrons. The van der Waals surface area contributed by atoms with Gasteiger partial charge in [0, 0.05) is 17.7 Å². The molecule has 0 amide bonds. The molecule has 0 spiro atoms. The summed E-state index contributed by atoms with van der Waals surface area (Å²) in [5, 5.41) is -0.268. The molecular weight excluding hydrogens is 494 g/mol. The highest BCUT2D eigenvalue weighted by Crippen LogP contribution is 2.38. The molecular formula is C25H22ClNO7S. The van der Waals surface area contributed by atoms with Gasteiger partial charge in [-0.3, -0.25) is 4.79 Å². The van der Waals surface area contributed by atoms with Crippen LogP contribution in [0.4, 0.5) is 0 Å². The average molecular weight is 516 g/mol. The van der Waals surface area contributed by atoms with Gasteiger partial charge in [0.1, 0.15) is 28.0 Å². The van der Waals surface area contributed by atoms with Crippen molar-refractivity contribution in [2.24, 2.45) is 0 Å². The van der Waals surface area contributed by atoms with E-state index in [1.54, 1.807) is 24.3 Å². The zero-order valence-corrected chi connectivity index (χ0v) is 20.9. The first-order valence-electron chi connectivity index (χ1n) is 10.3. The van der Waals surface area contributed by atoms with Crippen molar-refractivity contribution in [1.82, 2.24) is 3.97 Å². The Morgan fingerprint density at radius 2 is 1.29 bits per heavy atom. The van der Waals surface area contributed by atoms with E-state index in [4.69, 9.17) is 30.5 Å². The molecule has 0 atom stereocenters. The second kappa shape index (κ2) is 9.52. The highest BCUT2D eigenvalue weighted by molar-refractivity contribution is 7.90. The van der Waals surface area contributed by atoms with Crippen molar-refractivity contribution in [2.75, 3.05) is 28.4 Å². The first kappa shape index (κ1) is 24.4. The summed E-state index contributed by atoms with van der Waals surface area (Å²) in [5.41, 5.74) is -0.128. The third kappa shape index (κ3) is 4.17. The number of hydrogen-bond donors (Lipinski definition) is 0. The third-order valence-electron chi connectivity index (χ3n) is 5.53. The van der Waals surface area contributed by atoms with E-state index in [2.05, 4.69) is 0 Å². The van der Waals surface area contributed by atoms with Gasteiger partial charge >= 0.3 is 0 Å². The monoisotopic (exact) mass is 515 g/mol. The predicted molar refractivity (Wildman–Crippen MR) is 134 cm³/mol. The molecule has 0 N–H and O–H groups in total. The van der Waals surface area contributed by atoms with Crippen LogP contribution in [0.25, 0.3) is 22.2 Å². The normalized spacial score (nSPS) is 11.3. The van der Waals surface area contributed by atoms with Crippen molar-refractivity contribution in [1.29, 1.82) is 0 Å². The van der Waals surface area contributed by atoms with Crippen molar-refractivity contribution >= 4 is 32.5 Å². The van der Waals surface area contributed by atoms with E-state index in [1.807, 2.05) is 0 Å². The van der Waals surface area contributed by atoms with Crippen molar-refractivity contribution in [3.63, 3.8) is 0 Å². The molecule has 3 aromatic carbocycles. The van der Waals surface area contributed by atoms with Crippen molar-refractivity contribution in [3.8, 4) is 34.3 Å². The smallest absolute Gasteiger partial charge is 0.268 e. The minimum atomic E-state index is -4.28. The van der Waals surface area contributed by atoms with E-state index >= 15 is 0 Å². The predicted octanol–water partition coefficient (Wildman–Crippen LogP) is 4.59. The number of hydrogen-bond acceptors (Lipinski definition) is 7. The molecule has 0 saturated carbocycles. The highest BCUT2D eigenvalue weighted by atomic mass is 35.5. The molecule has 35 heavy (non-hydrogen) atoms. The lowest BCUT2D eigenvalue weighted by Crippen LogP contribution is -2.21. The minimum Gasteiger partial charge on any atom is -0.497 e. The van der Waals surface area contributed by atoms with E-state index in [-0.39, 0.29) is 32.3 Å². The van der Waals surface area contributed by atoms with Gasteiger partial charge in [0.15, 0.2) is 0 Å². The Bertz CT molecular complexity index is 1560. The van der Waals surface area contributed by atoms with Crippen LogP contribution < -0.4 is 24.4 Å². The number of fused-ring (bicyclic) bond motifs is 1. The maximum atomic E-state index is 14.1. The maximum Gasteiger partial charge on any atom is 0.268 e. The SMILES string of the molecule is COc1ccc(-c2c(Cl)c(=O)c3c(OC)cc(OC)cc3n2S(=O)(=O)c2ccc(OC)cc2)cc1. The van der Waals surface area contributed by atoms with Gasteiger partial charge in [-0.25, -0.2) is 12.4 Å². The molecule has 182 valence electrons. The molecule has 0 aliphatic rings. The van der Waals surface area contributed by atoms with Gasteiger partial charge in [0.05, 0.1) is 49.9 Å². The lowest BCUT2D eigenvalue weighted by Gasteiger charge is -2.20. The summed E-state index contributed by atoms with van der Waals surface area (Å²) in [5.74, 6) is 1.48. The number of methoxy groups -OCH3 is 4. The van der Waals surface area contributed by atoms with Crippen LogP contribution in [0.5, 0.6) is 23.0 Å². The topological polar surface area (TPSA) is 93.1 Å². The quantitative estimate of drug-likeness (QED) is 0.355. The van der Waals surface area contributed by atoms with Gasteiger partial charge in [-0.15, -0.1) is 0 Å². The third-order valence-corrected chi connectivity index (χ3v) is 7.61. The first-order chi connectivity index (χ1) is 16.8. The van der Waals surface area contributed by atoms with E-state index in [0.717, 1.165) is 3.97 Å². The Morgan fingerprint density at radius 3 is 1.80 bits per heavy atom. The Hall–Kier alpha value is -3.69. The van der Waals surface area contributed by atoms with Gasteiger partial charge in [-0.2, -0.15) is 0 Å². The molecule has 0 saturated heterocycles. The molecule has 10 heteroatoms. The van der Waals surface area contributed by atoms with E-state index in [1.165, 1.54) is 64.8 Å². The van der Waals surface area contributed by atoms with Gasteiger partial charge in [0.2, 0.25) is 5.43 Å². The zero-order valence-electron chi connectivity index (χ0n) is 19.4. The average Bonchev–Trinajstić information content (AvgIpc) is 2.89. The molecule has 8 nitrogen and oxygen atoms in total. The number of rotatable bonds is 7. The number of ether oxygens (including phenoxy) is 4. The minimum absolute atomic E-state index is 0.00190. The Balaban J connectivity index is 2.20. The second-order valence-corrected chi connectivity index (χ2v) is 9.55. The summed E-state index contributed by atoms with van der Waals surface area (Å²) < 4.78 is 50.3. The Kier molecular flexibility index (Phi) is 6.64. The second-order valence-electron chi connectivity index (χ2n) is 7.39. The summed E-state index contributed by atoms with van der Waals surface area (Å²) in [6, 6.07) is 15.4. The Morgan fingerprint density at radius 1 is 0.743 bits per heavy atom. The molecule has 4 aromatic rings. The fraction of sp³-hybridized carbons (Fsp3) is 0.160. The van der Waals surface area contributed by atoms with Gasteiger partial charge < -0.3 is 18.9 Å². The molecule has 4 rings (SSSR count). The largest absolute Gasteiger partial charge is 0.497 e. The molecule has 1 heterocycles. The van der Waals surface area contributed by atoms with Crippen LogP contribution in [-0.4, -0.2) is 40.8 Å². The fourth-order valence-electron chi connectivity index (χ4n) is 3.77. The van der Waals surface area contributed by atoms with Crippen LogP contribution >= 0.6 is 11.6 Å². The lowest BCUT2D eigenvalue weighted by molar-refractivity contribution is 0.397. The lowest BCUT2D eigenvalue weighted by atomic mass is 10.1. The van der Waals surface area contributed by atoms with Gasteiger partial charge in [-0.1, -0.05) is 11.6 Å². The fourth-order valence-corrected chi connectivity index (χ4v) is 5.63. The van der Waals surface area contributed by atoms with E-state index in [0.29, 0.717) is 22.8 Å². The summed E-state index contributed by atoms with van der Waals surface area (Å²) in [6.45, 7) is 0. The first-order valence-corrected chi connectivity index (χ1v) is 12.1. The van der Waals surface area contributed by atoms with Gasteiger partial charge in [-0.05, 0) is 48.5 Å². The van der Waals surface area contributed by atoms with E-state index < -0.39 is 15.5 Å². The summed E-state index contributed by atoms with van der Waals surface area (Å²) in [4.78, 5) is 13.4. The highest BCUT2D eigenvalue weighted by Gasteiger charge is 2.29. The van der Waals surface area contributed by atoms with E-state index in [9.17, 15) is 13.2 Å². The van der Waals surface area contributed by atoms with Crippen molar-refractivity contribution in [3.05, 3.63) is 75.9 Å². The van der Waals surface area contributed by atoms with Crippen LogP contribution in [0.1, 0.15) is 0 Å². The summed E-state index contributed by atoms with van der Waals surface area (Å²) in [7, 11) is 1.53. The van der Waals surface area contributed by atoms with Crippen LogP contribution in [-0.2, 0) is 10.0 Å². The number of pyridine rings is 1. The van der Waals surface area contributed by atoms with Crippen molar-refractivity contribution in [2.45, 2.75) is 4.90 Å². The molecule has 0 aliphatic heterocycles. The molecule has 0 bridgehead atoms. The summed E-state index contributed by atoms with van der Waals surface area (Å²) >= 11 is 6.59.